The Hall–Kier alpha value is -2.35. The molecule has 0 aliphatic rings. The lowest BCUT2D eigenvalue weighted by Gasteiger charge is -2.01. The summed E-state index contributed by atoms with van der Waals surface area (Å²) < 4.78 is 5.48. The van der Waals surface area contributed by atoms with Crippen LogP contribution in [0.5, 0.6) is 0 Å². The molecule has 20 heavy (non-hydrogen) atoms. The van der Waals surface area contributed by atoms with E-state index in [0.29, 0.717) is 0 Å². The third-order valence-corrected chi connectivity index (χ3v) is 3.61. The van der Waals surface area contributed by atoms with E-state index < -0.39 is 0 Å². The van der Waals surface area contributed by atoms with Crippen LogP contribution in [-0.2, 0) is 6.42 Å². The predicted molar refractivity (Wildman–Crippen MR) is 80.7 cm³/mol. The van der Waals surface area contributed by atoms with E-state index in [1.54, 1.807) is 0 Å². The number of benzene rings is 2. The molecule has 3 rings (SSSR count). The van der Waals surface area contributed by atoms with Crippen LogP contribution in [0, 0.1) is 13.8 Å². The first-order valence-electron chi connectivity index (χ1n) is 6.80. The van der Waals surface area contributed by atoms with Crippen molar-refractivity contribution in [1.29, 1.82) is 0 Å². The SMILES string of the molecule is Cc1ccccc1Cc1cc(-c2ccccc2C)no1. The lowest BCUT2D eigenvalue weighted by atomic mass is 10.0. The van der Waals surface area contributed by atoms with E-state index in [2.05, 4.69) is 55.4 Å². The molecule has 0 atom stereocenters. The predicted octanol–water partition coefficient (Wildman–Crippen LogP) is 4.55. The lowest BCUT2D eigenvalue weighted by molar-refractivity contribution is 0.391. The van der Waals surface area contributed by atoms with Crippen LogP contribution in [-0.4, -0.2) is 5.16 Å². The zero-order chi connectivity index (χ0) is 13.9. The van der Waals surface area contributed by atoms with Crippen LogP contribution >= 0.6 is 0 Å². The van der Waals surface area contributed by atoms with Crippen molar-refractivity contribution in [2.75, 3.05) is 0 Å². The summed E-state index contributed by atoms with van der Waals surface area (Å²) in [5.41, 5.74) is 5.81. The first-order valence-corrected chi connectivity index (χ1v) is 6.80. The minimum Gasteiger partial charge on any atom is -0.360 e. The molecule has 0 bridgehead atoms. The minimum atomic E-state index is 0.783. The van der Waals surface area contributed by atoms with Gasteiger partial charge in [-0.15, -0.1) is 0 Å². The van der Waals surface area contributed by atoms with Gasteiger partial charge in [0.05, 0.1) is 0 Å². The number of aryl methyl sites for hydroxylation is 2. The Morgan fingerprint density at radius 3 is 2.35 bits per heavy atom. The normalized spacial score (nSPS) is 10.7. The van der Waals surface area contributed by atoms with Gasteiger partial charge in [-0.3, -0.25) is 0 Å². The van der Waals surface area contributed by atoms with Gasteiger partial charge < -0.3 is 4.52 Å². The van der Waals surface area contributed by atoms with E-state index in [1.807, 2.05) is 18.2 Å². The molecule has 0 fully saturated rings. The van der Waals surface area contributed by atoms with Crippen LogP contribution in [0.1, 0.15) is 22.5 Å². The monoisotopic (exact) mass is 263 g/mol. The number of hydrogen-bond donors (Lipinski definition) is 0. The van der Waals surface area contributed by atoms with E-state index in [0.717, 1.165) is 23.4 Å². The summed E-state index contributed by atoms with van der Waals surface area (Å²) in [5, 5.41) is 4.20. The van der Waals surface area contributed by atoms with Crippen molar-refractivity contribution in [3.8, 4) is 11.3 Å². The van der Waals surface area contributed by atoms with Crippen LogP contribution < -0.4 is 0 Å². The molecule has 0 N–H and O–H groups in total. The topological polar surface area (TPSA) is 26.0 Å². The number of aromatic nitrogens is 1. The molecular formula is C18H17NO. The van der Waals surface area contributed by atoms with Crippen molar-refractivity contribution in [2.24, 2.45) is 0 Å². The molecule has 0 saturated heterocycles. The molecule has 0 unspecified atom stereocenters. The molecule has 0 saturated carbocycles. The first kappa shape index (κ1) is 12.7. The van der Waals surface area contributed by atoms with Gasteiger partial charge in [-0.1, -0.05) is 53.7 Å². The number of nitrogens with zero attached hydrogens (tertiary/aromatic N) is 1. The second-order valence-electron chi connectivity index (χ2n) is 5.10. The smallest absolute Gasteiger partial charge is 0.141 e. The molecule has 2 heteroatoms. The van der Waals surface area contributed by atoms with Crippen LogP contribution in [0.15, 0.2) is 59.1 Å². The maximum atomic E-state index is 5.48. The van der Waals surface area contributed by atoms with Gasteiger partial charge in [-0.25, -0.2) is 0 Å². The molecule has 0 aliphatic heterocycles. The zero-order valence-corrected chi connectivity index (χ0v) is 11.8. The fourth-order valence-corrected chi connectivity index (χ4v) is 2.38. The highest BCUT2D eigenvalue weighted by Crippen LogP contribution is 2.24. The second-order valence-corrected chi connectivity index (χ2v) is 5.10. The summed E-state index contributed by atoms with van der Waals surface area (Å²) in [6, 6.07) is 18.6. The van der Waals surface area contributed by atoms with Gasteiger partial charge in [-0.05, 0) is 30.5 Å². The summed E-state index contributed by atoms with van der Waals surface area (Å²) in [7, 11) is 0. The van der Waals surface area contributed by atoms with Gasteiger partial charge >= 0.3 is 0 Å². The van der Waals surface area contributed by atoms with Crippen molar-refractivity contribution in [3.05, 3.63) is 77.0 Å². The molecule has 1 aromatic heterocycles. The Bertz CT molecular complexity index is 728. The fourth-order valence-electron chi connectivity index (χ4n) is 2.38. The summed E-state index contributed by atoms with van der Waals surface area (Å²) in [4.78, 5) is 0. The third kappa shape index (κ3) is 2.50. The molecule has 3 aromatic rings. The second kappa shape index (κ2) is 5.33. The van der Waals surface area contributed by atoms with Crippen LogP contribution in [0.4, 0.5) is 0 Å². The molecule has 0 aliphatic carbocycles. The summed E-state index contributed by atoms with van der Waals surface area (Å²) in [6.07, 6.45) is 0.783. The van der Waals surface area contributed by atoms with E-state index in [1.165, 1.54) is 16.7 Å². The Morgan fingerprint density at radius 1 is 0.900 bits per heavy atom. The van der Waals surface area contributed by atoms with Crippen molar-refractivity contribution in [1.82, 2.24) is 5.16 Å². The Kier molecular flexibility index (Phi) is 3.38. The Morgan fingerprint density at radius 2 is 1.60 bits per heavy atom. The number of hydrogen-bond acceptors (Lipinski definition) is 2. The van der Waals surface area contributed by atoms with Gasteiger partial charge in [0.25, 0.3) is 0 Å². The van der Waals surface area contributed by atoms with Crippen molar-refractivity contribution in [2.45, 2.75) is 20.3 Å². The van der Waals surface area contributed by atoms with E-state index in [9.17, 15) is 0 Å². The molecule has 0 amide bonds. The van der Waals surface area contributed by atoms with Gasteiger partial charge in [0.15, 0.2) is 0 Å². The van der Waals surface area contributed by atoms with Crippen molar-refractivity contribution < 1.29 is 4.52 Å². The van der Waals surface area contributed by atoms with Gasteiger partial charge in [0.1, 0.15) is 11.5 Å². The Balaban J connectivity index is 1.88. The molecule has 0 spiro atoms. The Labute approximate surface area is 119 Å². The summed E-state index contributed by atoms with van der Waals surface area (Å²) in [5.74, 6) is 0.901. The average Bonchev–Trinajstić information content (AvgIpc) is 2.90. The number of rotatable bonds is 3. The van der Waals surface area contributed by atoms with Crippen molar-refractivity contribution in [3.63, 3.8) is 0 Å². The molecule has 0 radical (unpaired) electrons. The maximum absolute atomic E-state index is 5.48. The van der Waals surface area contributed by atoms with Crippen molar-refractivity contribution >= 4 is 0 Å². The fraction of sp³-hybridized carbons (Fsp3) is 0.167. The highest BCUT2D eigenvalue weighted by Gasteiger charge is 2.09. The van der Waals surface area contributed by atoms with Gasteiger partial charge in [0.2, 0.25) is 0 Å². The quantitative estimate of drug-likeness (QED) is 0.693. The van der Waals surface area contributed by atoms with E-state index in [-0.39, 0.29) is 0 Å². The molecule has 2 aromatic carbocycles. The standard InChI is InChI=1S/C18H17NO/c1-13-7-3-5-9-15(13)11-16-12-18(19-20-16)17-10-6-4-8-14(17)2/h3-10,12H,11H2,1-2H3. The van der Waals surface area contributed by atoms with E-state index >= 15 is 0 Å². The first-order chi connectivity index (χ1) is 9.74. The lowest BCUT2D eigenvalue weighted by Crippen LogP contribution is -1.89. The zero-order valence-electron chi connectivity index (χ0n) is 11.8. The third-order valence-electron chi connectivity index (χ3n) is 3.61. The molecule has 1 heterocycles. The summed E-state index contributed by atoms with van der Waals surface area (Å²) in [6.45, 7) is 4.21. The summed E-state index contributed by atoms with van der Waals surface area (Å²) >= 11 is 0. The highest BCUT2D eigenvalue weighted by molar-refractivity contribution is 5.63. The molecular weight excluding hydrogens is 246 g/mol. The van der Waals surface area contributed by atoms with Crippen LogP contribution in [0.25, 0.3) is 11.3 Å². The minimum absolute atomic E-state index is 0.783. The van der Waals surface area contributed by atoms with Gasteiger partial charge in [-0.2, -0.15) is 0 Å². The highest BCUT2D eigenvalue weighted by atomic mass is 16.5. The average molecular weight is 263 g/mol. The molecule has 2 nitrogen and oxygen atoms in total. The van der Waals surface area contributed by atoms with Gasteiger partial charge in [0, 0.05) is 18.1 Å². The van der Waals surface area contributed by atoms with Crippen LogP contribution in [0.2, 0.25) is 0 Å². The largest absolute Gasteiger partial charge is 0.360 e. The molecule has 100 valence electrons. The maximum Gasteiger partial charge on any atom is 0.141 e. The van der Waals surface area contributed by atoms with Crippen LogP contribution in [0.3, 0.4) is 0 Å². The van der Waals surface area contributed by atoms with E-state index in [4.69, 9.17) is 4.52 Å².